The van der Waals surface area contributed by atoms with Crippen molar-refractivity contribution in [3.05, 3.63) is 64.7 Å². The smallest absolute Gasteiger partial charge is 0.326 e. The maximum atomic E-state index is 13.1. The largest absolute Gasteiger partial charge is 0.417 e. The van der Waals surface area contributed by atoms with Crippen LogP contribution in [0.4, 0.5) is 13.2 Å². The highest BCUT2D eigenvalue weighted by Crippen LogP contribution is 2.38. The third-order valence-corrected chi connectivity index (χ3v) is 4.35. The van der Waals surface area contributed by atoms with Crippen molar-refractivity contribution in [3.8, 4) is 0 Å². The fourth-order valence-corrected chi connectivity index (χ4v) is 3.11. The predicted octanol–water partition coefficient (Wildman–Crippen LogP) is 4.76. The lowest BCUT2D eigenvalue weighted by Crippen LogP contribution is -2.09. The van der Waals surface area contributed by atoms with Crippen LogP contribution in [-0.2, 0) is 18.5 Å². The van der Waals surface area contributed by atoms with Crippen molar-refractivity contribution in [1.82, 2.24) is 0 Å². The Hall–Kier alpha value is -1.46. The van der Waals surface area contributed by atoms with E-state index in [2.05, 4.69) is 0 Å². The molecule has 2 aromatic rings. The number of halogens is 3. The first-order chi connectivity index (χ1) is 9.91. The van der Waals surface area contributed by atoms with Gasteiger partial charge in [0, 0.05) is 17.2 Å². The van der Waals surface area contributed by atoms with Crippen LogP contribution in [0, 0.1) is 6.92 Å². The average Bonchev–Trinajstić information content (AvgIpc) is 2.45. The Bertz CT molecular complexity index is 623. The van der Waals surface area contributed by atoms with Gasteiger partial charge in [-0.05, 0) is 35.7 Å². The SMILES string of the molecule is Cc1ccccc1CSc1ccc(CN)cc1C(F)(F)F. The number of nitrogens with two attached hydrogens (primary N) is 1. The summed E-state index contributed by atoms with van der Waals surface area (Å²) in [5.41, 5.74) is 7.42. The molecule has 1 nitrogen and oxygen atoms in total. The lowest BCUT2D eigenvalue weighted by atomic mass is 10.1. The Labute approximate surface area is 126 Å². The molecule has 0 atom stereocenters. The zero-order chi connectivity index (χ0) is 15.5. The molecular weight excluding hydrogens is 295 g/mol. The van der Waals surface area contributed by atoms with E-state index in [1.54, 1.807) is 6.07 Å². The van der Waals surface area contributed by atoms with Gasteiger partial charge in [-0.25, -0.2) is 0 Å². The normalized spacial score (nSPS) is 11.7. The van der Waals surface area contributed by atoms with E-state index in [1.807, 2.05) is 31.2 Å². The van der Waals surface area contributed by atoms with Crippen LogP contribution in [0.5, 0.6) is 0 Å². The van der Waals surface area contributed by atoms with Gasteiger partial charge >= 0.3 is 6.18 Å². The van der Waals surface area contributed by atoms with Crippen molar-refractivity contribution in [1.29, 1.82) is 0 Å². The molecule has 0 spiro atoms. The summed E-state index contributed by atoms with van der Waals surface area (Å²) >= 11 is 1.20. The first-order valence-corrected chi connectivity index (χ1v) is 7.48. The number of benzene rings is 2. The molecule has 0 aliphatic rings. The summed E-state index contributed by atoms with van der Waals surface area (Å²) in [7, 11) is 0. The molecule has 2 rings (SSSR count). The van der Waals surface area contributed by atoms with E-state index in [0.717, 1.165) is 17.2 Å². The fraction of sp³-hybridized carbons (Fsp3) is 0.250. The summed E-state index contributed by atoms with van der Waals surface area (Å²) < 4.78 is 39.3. The van der Waals surface area contributed by atoms with E-state index >= 15 is 0 Å². The van der Waals surface area contributed by atoms with Gasteiger partial charge in [0.1, 0.15) is 0 Å². The molecule has 0 heterocycles. The third-order valence-electron chi connectivity index (χ3n) is 3.23. The molecule has 5 heteroatoms. The van der Waals surface area contributed by atoms with Crippen LogP contribution >= 0.6 is 11.8 Å². The Morgan fingerprint density at radius 1 is 1.10 bits per heavy atom. The zero-order valence-electron chi connectivity index (χ0n) is 11.6. The van der Waals surface area contributed by atoms with Gasteiger partial charge in [-0.15, -0.1) is 11.8 Å². The zero-order valence-corrected chi connectivity index (χ0v) is 12.4. The fourth-order valence-electron chi connectivity index (χ4n) is 1.98. The average molecular weight is 311 g/mol. The highest BCUT2D eigenvalue weighted by Gasteiger charge is 2.33. The lowest BCUT2D eigenvalue weighted by molar-refractivity contribution is -0.139. The highest BCUT2D eigenvalue weighted by atomic mass is 32.2. The summed E-state index contributed by atoms with van der Waals surface area (Å²) in [4.78, 5) is 0.239. The van der Waals surface area contributed by atoms with E-state index < -0.39 is 11.7 Å². The van der Waals surface area contributed by atoms with Crippen LogP contribution in [0.15, 0.2) is 47.4 Å². The van der Waals surface area contributed by atoms with Crippen molar-refractivity contribution in [2.75, 3.05) is 0 Å². The van der Waals surface area contributed by atoms with Crippen LogP contribution in [-0.4, -0.2) is 0 Å². The second-order valence-corrected chi connectivity index (χ2v) is 5.76. The molecule has 112 valence electrons. The number of rotatable bonds is 4. The Balaban J connectivity index is 2.26. The van der Waals surface area contributed by atoms with Crippen LogP contribution in [0.1, 0.15) is 22.3 Å². The summed E-state index contributed by atoms with van der Waals surface area (Å²) in [5.74, 6) is 0.512. The molecule has 0 bridgehead atoms. The molecule has 0 saturated heterocycles. The predicted molar refractivity (Wildman–Crippen MR) is 80.1 cm³/mol. The minimum Gasteiger partial charge on any atom is -0.326 e. The Morgan fingerprint density at radius 2 is 1.81 bits per heavy atom. The quantitative estimate of drug-likeness (QED) is 0.824. The molecule has 0 fully saturated rings. The summed E-state index contributed by atoms with van der Waals surface area (Å²) in [6, 6.07) is 12.0. The molecule has 0 aliphatic carbocycles. The Kier molecular flexibility index (Phi) is 4.96. The Morgan fingerprint density at radius 3 is 2.43 bits per heavy atom. The van der Waals surface area contributed by atoms with Gasteiger partial charge in [0.05, 0.1) is 5.56 Å². The molecular formula is C16H16F3NS. The summed E-state index contributed by atoms with van der Waals surface area (Å²) in [5, 5.41) is 0. The molecule has 0 amide bonds. The standard InChI is InChI=1S/C16H16F3NS/c1-11-4-2-3-5-13(11)10-21-15-7-6-12(9-20)8-14(15)16(17,18)19/h2-8H,9-10,20H2,1H3. The topological polar surface area (TPSA) is 26.0 Å². The number of hydrogen-bond acceptors (Lipinski definition) is 2. The maximum Gasteiger partial charge on any atom is 0.417 e. The number of hydrogen-bond donors (Lipinski definition) is 1. The number of alkyl halides is 3. The van der Waals surface area contributed by atoms with E-state index in [1.165, 1.54) is 17.8 Å². The monoisotopic (exact) mass is 311 g/mol. The third kappa shape index (κ3) is 4.02. The molecule has 0 aliphatic heterocycles. The van der Waals surface area contributed by atoms with Crippen molar-refractivity contribution < 1.29 is 13.2 Å². The van der Waals surface area contributed by atoms with E-state index in [9.17, 15) is 13.2 Å². The highest BCUT2D eigenvalue weighted by molar-refractivity contribution is 7.98. The molecule has 2 N–H and O–H groups in total. The number of thioether (sulfide) groups is 1. The molecule has 0 aromatic heterocycles. The molecule has 0 saturated carbocycles. The van der Waals surface area contributed by atoms with E-state index in [0.29, 0.717) is 11.3 Å². The minimum absolute atomic E-state index is 0.103. The van der Waals surface area contributed by atoms with Gasteiger partial charge in [0.25, 0.3) is 0 Å². The van der Waals surface area contributed by atoms with Crippen molar-refractivity contribution in [2.24, 2.45) is 5.73 Å². The molecule has 2 aromatic carbocycles. The van der Waals surface area contributed by atoms with Crippen LogP contribution in [0.2, 0.25) is 0 Å². The molecule has 0 radical (unpaired) electrons. The van der Waals surface area contributed by atoms with Gasteiger partial charge < -0.3 is 5.73 Å². The van der Waals surface area contributed by atoms with Crippen molar-refractivity contribution in [2.45, 2.75) is 30.3 Å². The van der Waals surface area contributed by atoms with Gasteiger partial charge in [-0.3, -0.25) is 0 Å². The second-order valence-electron chi connectivity index (χ2n) is 4.75. The van der Waals surface area contributed by atoms with E-state index in [4.69, 9.17) is 5.73 Å². The minimum atomic E-state index is -4.36. The molecule has 21 heavy (non-hydrogen) atoms. The van der Waals surface area contributed by atoms with Crippen LogP contribution < -0.4 is 5.73 Å². The van der Waals surface area contributed by atoms with Gasteiger partial charge in [-0.1, -0.05) is 30.3 Å². The lowest BCUT2D eigenvalue weighted by Gasteiger charge is -2.14. The molecule has 0 unspecified atom stereocenters. The maximum absolute atomic E-state index is 13.1. The first kappa shape index (κ1) is 15.9. The first-order valence-electron chi connectivity index (χ1n) is 6.49. The summed E-state index contributed by atoms with van der Waals surface area (Å²) in [6.45, 7) is 2.06. The second kappa shape index (κ2) is 6.54. The van der Waals surface area contributed by atoms with E-state index in [-0.39, 0.29) is 11.4 Å². The number of aryl methyl sites for hydroxylation is 1. The summed E-state index contributed by atoms with van der Waals surface area (Å²) in [6.07, 6.45) is -4.36. The van der Waals surface area contributed by atoms with Crippen molar-refractivity contribution in [3.63, 3.8) is 0 Å². The van der Waals surface area contributed by atoms with Gasteiger partial charge in [0.15, 0.2) is 0 Å². The van der Waals surface area contributed by atoms with Crippen LogP contribution in [0.25, 0.3) is 0 Å². The van der Waals surface area contributed by atoms with Gasteiger partial charge in [-0.2, -0.15) is 13.2 Å². The van der Waals surface area contributed by atoms with Crippen molar-refractivity contribution >= 4 is 11.8 Å². The van der Waals surface area contributed by atoms with Gasteiger partial charge in [0.2, 0.25) is 0 Å². The van der Waals surface area contributed by atoms with Crippen LogP contribution in [0.3, 0.4) is 0 Å².